The van der Waals surface area contributed by atoms with Crippen LogP contribution in [0.3, 0.4) is 0 Å². The fourth-order valence-corrected chi connectivity index (χ4v) is 1.76. The van der Waals surface area contributed by atoms with Crippen molar-refractivity contribution in [3.8, 4) is 0 Å². The molecule has 0 aliphatic rings. The molecule has 0 fully saturated rings. The van der Waals surface area contributed by atoms with Crippen LogP contribution in [0.15, 0.2) is 17.4 Å². The minimum Gasteiger partial charge on any atom is -0.315 e. The van der Waals surface area contributed by atoms with Gasteiger partial charge in [0.2, 0.25) is 0 Å². The van der Waals surface area contributed by atoms with Gasteiger partial charge in [-0.05, 0) is 6.42 Å². The van der Waals surface area contributed by atoms with Gasteiger partial charge in [0.1, 0.15) is 0 Å². The molecule has 0 atom stereocenters. The van der Waals surface area contributed by atoms with E-state index in [1.165, 1.54) is 25.6 Å². The second kappa shape index (κ2) is 4.92. The zero-order chi connectivity index (χ0) is 11.4. The van der Waals surface area contributed by atoms with Gasteiger partial charge in [0.25, 0.3) is 5.56 Å². The van der Waals surface area contributed by atoms with Gasteiger partial charge in [-0.15, -0.1) is 0 Å². The van der Waals surface area contributed by atoms with E-state index in [4.69, 9.17) is 0 Å². The standard InChI is InChI=1S/C11H16N4O/c1-2-3-4-5-6-15-8-14-9-10(15)12-7-13-11(9)16/h7-8H,2-6H2,1H3,(H,12,13,16). The molecule has 2 aromatic heterocycles. The SMILES string of the molecule is CCCCCCn1cnc2c(=O)[nH]cnc21. The molecule has 0 saturated heterocycles. The Morgan fingerprint density at radius 2 is 2.19 bits per heavy atom. The highest BCUT2D eigenvalue weighted by molar-refractivity contribution is 5.68. The molecule has 2 aromatic rings. The average Bonchev–Trinajstić information content (AvgIpc) is 2.70. The first-order valence-electron chi connectivity index (χ1n) is 5.71. The van der Waals surface area contributed by atoms with Gasteiger partial charge in [0.15, 0.2) is 11.2 Å². The lowest BCUT2D eigenvalue weighted by Gasteiger charge is -2.02. The number of imidazole rings is 1. The highest BCUT2D eigenvalue weighted by Gasteiger charge is 2.05. The maximum absolute atomic E-state index is 11.4. The molecule has 2 rings (SSSR count). The van der Waals surface area contributed by atoms with Crippen LogP contribution >= 0.6 is 0 Å². The van der Waals surface area contributed by atoms with Crippen LogP contribution in [0.1, 0.15) is 32.6 Å². The third-order valence-electron chi connectivity index (χ3n) is 2.66. The maximum atomic E-state index is 11.4. The van der Waals surface area contributed by atoms with Crippen molar-refractivity contribution in [3.63, 3.8) is 0 Å². The minimum atomic E-state index is -0.169. The zero-order valence-electron chi connectivity index (χ0n) is 9.44. The van der Waals surface area contributed by atoms with E-state index < -0.39 is 0 Å². The van der Waals surface area contributed by atoms with Crippen molar-refractivity contribution in [3.05, 3.63) is 23.0 Å². The van der Waals surface area contributed by atoms with Gasteiger partial charge < -0.3 is 9.55 Å². The Balaban J connectivity index is 2.13. The zero-order valence-corrected chi connectivity index (χ0v) is 9.44. The first-order valence-corrected chi connectivity index (χ1v) is 5.71. The van der Waals surface area contributed by atoms with Gasteiger partial charge in [-0.2, -0.15) is 0 Å². The van der Waals surface area contributed by atoms with Crippen molar-refractivity contribution in [2.45, 2.75) is 39.2 Å². The number of unbranched alkanes of at least 4 members (excludes halogenated alkanes) is 3. The van der Waals surface area contributed by atoms with Crippen LogP contribution in [0.2, 0.25) is 0 Å². The number of hydrogen-bond acceptors (Lipinski definition) is 3. The number of rotatable bonds is 5. The summed E-state index contributed by atoms with van der Waals surface area (Å²) in [6.45, 7) is 3.07. The summed E-state index contributed by atoms with van der Waals surface area (Å²) in [4.78, 5) is 22.1. The van der Waals surface area contributed by atoms with Crippen LogP contribution in [0.5, 0.6) is 0 Å². The summed E-state index contributed by atoms with van der Waals surface area (Å²) in [5.41, 5.74) is 0.940. The number of aryl methyl sites for hydroxylation is 1. The second-order valence-corrected chi connectivity index (χ2v) is 3.90. The van der Waals surface area contributed by atoms with E-state index in [0.29, 0.717) is 11.2 Å². The fourth-order valence-electron chi connectivity index (χ4n) is 1.76. The first kappa shape index (κ1) is 10.9. The van der Waals surface area contributed by atoms with Gasteiger partial charge in [-0.25, -0.2) is 9.97 Å². The molecule has 2 heterocycles. The smallest absolute Gasteiger partial charge is 0.278 e. The lowest BCUT2D eigenvalue weighted by Crippen LogP contribution is -2.07. The monoisotopic (exact) mass is 220 g/mol. The largest absolute Gasteiger partial charge is 0.315 e. The predicted octanol–water partition coefficient (Wildman–Crippen LogP) is 1.70. The van der Waals surface area contributed by atoms with Gasteiger partial charge in [0.05, 0.1) is 12.7 Å². The van der Waals surface area contributed by atoms with E-state index in [1.54, 1.807) is 6.33 Å². The normalized spacial score (nSPS) is 11.1. The molecular formula is C11H16N4O. The molecule has 16 heavy (non-hydrogen) atoms. The Labute approximate surface area is 93.5 Å². The third-order valence-corrected chi connectivity index (χ3v) is 2.66. The molecule has 0 amide bonds. The fraction of sp³-hybridized carbons (Fsp3) is 0.545. The van der Waals surface area contributed by atoms with E-state index in [2.05, 4.69) is 21.9 Å². The lowest BCUT2D eigenvalue weighted by molar-refractivity contribution is 0.589. The molecule has 5 nitrogen and oxygen atoms in total. The molecule has 0 aromatic carbocycles. The van der Waals surface area contributed by atoms with Crippen LogP contribution in [-0.2, 0) is 6.54 Å². The van der Waals surface area contributed by atoms with Crippen LogP contribution in [0.25, 0.3) is 11.2 Å². The molecule has 0 spiro atoms. The Bertz CT molecular complexity index is 514. The quantitative estimate of drug-likeness (QED) is 0.780. The van der Waals surface area contributed by atoms with Crippen molar-refractivity contribution in [2.75, 3.05) is 0 Å². The summed E-state index contributed by atoms with van der Waals surface area (Å²) < 4.78 is 1.94. The number of hydrogen-bond donors (Lipinski definition) is 1. The topological polar surface area (TPSA) is 63.6 Å². The van der Waals surface area contributed by atoms with Crippen molar-refractivity contribution >= 4 is 11.2 Å². The molecule has 5 heteroatoms. The van der Waals surface area contributed by atoms with Gasteiger partial charge in [-0.3, -0.25) is 4.79 Å². The van der Waals surface area contributed by atoms with E-state index in [1.807, 2.05) is 4.57 Å². The summed E-state index contributed by atoms with van der Waals surface area (Å²) in [5, 5.41) is 0. The molecular weight excluding hydrogens is 204 g/mol. The minimum absolute atomic E-state index is 0.169. The summed E-state index contributed by atoms with van der Waals surface area (Å²) in [6.07, 6.45) is 7.91. The van der Waals surface area contributed by atoms with Gasteiger partial charge in [-0.1, -0.05) is 26.2 Å². The molecule has 86 valence electrons. The average molecular weight is 220 g/mol. The molecule has 1 N–H and O–H groups in total. The molecule has 0 aliphatic heterocycles. The number of fused-ring (bicyclic) bond motifs is 1. The van der Waals surface area contributed by atoms with Crippen molar-refractivity contribution in [1.29, 1.82) is 0 Å². The van der Waals surface area contributed by atoms with E-state index in [9.17, 15) is 4.79 Å². The highest BCUT2D eigenvalue weighted by Crippen LogP contribution is 2.07. The van der Waals surface area contributed by atoms with Crippen LogP contribution in [0.4, 0.5) is 0 Å². The van der Waals surface area contributed by atoms with Crippen molar-refractivity contribution < 1.29 is 0 Å². The Morgan fingerprint density at radius 1 is 1.31 bits per heavy atom. The van der Waals surface area contributed by atoms with Crippen LogP contribution in [0, 0.1) is 0 Å². The van der Waals surface area contributed by atoms with Crippen LogP contribution < -0.4 is 5.56 Å². The van der Waals surface area contributed by atoms with Crippen LogP contribution in [-0.4, -0.2) is 19.5 Å². The highest BCUT2D eigenvalue weighted by atomic mass is 16.1. The Morgan fingerprint density at radius 3 is 3.00 bits per heavy atom. The van der Waals surface area contributed by atoms with E-state index in [-0.39, 0.29) is 5.56 Å². The van der Waals surface area contributed by atoms with Gasteiger partial charge >= 0.3 is 0 Å². The lowest BCUT2D eigenvalue weighted by atomic mass is 10.2. The first-order chi connectivity index (χ1) is 7.83. The van der Waals surface area contributed by atoms with Crippen molar-refractivity contribution in [1.82, 2.24) is 19.5 Å². The summed E-state index contributed by atoms with van der Waals surface area (Å²) >= 11 is 0. The number of nitrogens with zero attached hydrogens (tertiary/aromatic N) is 3. The maximum Gasteiger partial charge on any atom is 0.278 e. The second-order valence-electron chi connectivity index (χ2n) is 3.90. The summed E-state index contributed by atoms with van der Waals surface area (Å²) in [6, 6.07) is 0. The molecule has 0 aliphatic carbocycles. The van der Waals surface area contributed by atoms with E-state index in [0.717, 1.165) is 13.0 Å². The number of H-pyrrole nitrogens is 1. The van der Waals surface area contributed by atoms with Gasteiger partial charge in [0, 0.05) is 6.54 Å². The predicted molar refractivity (Wildman–Crippen MR) is 62.3 cm³/mol. The molecule has 0 radical (unpaired) electrons. The summed E-state index contributed by atoms with van der Waals surface area (Å²) in [7, 11) is 0. The molecule has 0 unspecified atom stereocenters. The van der Waals surface area contributed by atoms with E-state index >= 15 is 0 Å². The third kappa shape index (κ3) is 2.13. The molecule has 0 saturated carbocycles. The number of nitrogens with one attached hydrogen (secondary N) is 1. The Kier molecular flexibility index (Phi) is 3.34. The number of aromatic amines is 1. The number of aromatic nitrogens is 4. The van der Waals surface area contributed by atoms with Crippen molar-refractivity contribution in [2.24, 2.45) is 0 Å². The molecule has 0 bridgehead atoms. The summed E-state index contributed by atoms with van der Waals surface area (Å²) in [5.74, 6) is 0. The Hall–Kier alpha value is -1.65.